The minimum absolute atomic E-state index is 1.05. The van der Waals surface area contributed by atoms with E-state index in [0.717, 1.165) is 10.4 Å². The van der Waals surface area contributed by atoms with Crippen LogP contribution in [0, 0.1) is 0 Å². The molecule has 16 heavy (non-hydrogen) atoms. The van der Waals surface area contributed by atoms with E-state index in [4.69, 9.17) is 0 Å². The van der Waals surface area contributed by atoms with Crippen molar-refractivity contribution >= 4 is 28.0 Å². The molecule has 1 aromatic carbocycles. The molecule has 0 aliphatic heterocycles. The van der Waals surface area contributed by atoms with Gasteiger partial charge in [-0.05, 0) is 36.6 Å². The third-order valence-electron chi connectivity index (χ3n) is 1.98. The first-order valence-corrected chi connectivity index (χ1v) is 11.5. The van der Waals surface area contributed by atoms with Gasteiger partial charge in [0.15, 0.2) is 0 Å². The van der Waals surface area contributed by atoms with Crippen molar-refractivity contribution in [3.8, 4) is 0 Å². The molecule has 0 unspecified atom stereocenters. The normalized spacial score (nSPS) is 12.4. The fraction of sp³-hybridized carbons (Fsp3) is 0.333. The van der Waals surface area contributed by atoms with Gasteiger partial charge in [0.05, 0.1) is 0 Å². The topological polar surface area (TPSA) is 40.5 Å². The molecule has 1 aromatic rings. The summed E-state index contributed by atoms with van der Waals surface area (Å²) in [6.45, 7) is 7.54. The van der Waals surface area contributed by atoms with Crippen LogP contribution < -0.4 is 10.4 Å². The zero-order valence-electron chi connectivity index (χ0n) is 10.4. The monoisotopic (exact) mass is 252 g/mol. The predicted molar refractivity (Wildman–Crippen MR) is 74.0 cm³/mol. The van der Waals surface area contributed by atoms with Crippen LogP contribution in [0.5, 0.6) is 0 Å². The Balaban J connectivity index is 3.11. The molecule has 4 heteroatoms. The van der Waals surface area contributed by atoms with Crippen molar-refractivity contribution < 1.29 is 9.59 Å². The van der Waals surface area contributed by atoms with Gasteiger partial charge >= 0.3 is 0 Å². The van der Waals surface area contributed by atoms with Crippen LogP contribution in [-0.2, 0) is 0 Å². The first-order valence-electron chi connectivity index (χ1n) is 5.42. The van der Waals surface area contributed by atoms with Crippen molar-refractivity contribution in [2.45, 2.75) is 26.2 Å². The fourth-order valence-electron chi connectivity index (χ4n) is 1.50. The van der Waals surface area contributed by atoms with Crippen molar-refractivity contribution in [2.75, 3.05) is 0 Å². The lowest BCUT2D eigenvalue weighted by Crippen LogP contribution is -2.27. The molecule has 0 radical (unpaired) electrons. The Kier molecular flexibility index (Phi) is 3.90. The molecule has 0 saturated heterocycles. The van der Waals surface area contributed by atoms with Gasteiger partial charge in [0.1, 0.15) is 0 Å². The van der Waals surface area contributed by atoms with E-state index in [2.05, 4.69) is 0 Å². The molecule has 0 heterocycles. The van der Waals surface area contributed by atoms with Gasteiger partial charge in [-0.1, -0.05) is 35.7 Å². The minimum atomic E-state index is -2.14. The molecular formula is C12H20O2Si2. The summed E-state index contributed by atoms with van der Waals surface area (Å²) in [6.07, 6.45) is 0. The van der Waals surface area contributed by atoms with Crippen LogP contribution in [0.1, 0.15) is 0 Å². The summed E-state index contributed by atoms with van der Waals surface area (Å²) in [6, 6.07) is 7.93. The van der Waals surface area contributed by atoms with E-state index in [1.807, 2.05) is 61.9 Å². The molecule has 0 aliphatic rings. The average molecular weight is 252 g/mol. The van der Waals surface area contributed by atoms with E-state index in [1.54, 1.807) is 0 Å². The maximum atomic E-state index is 9.77. The lowest BCUT2D eigenvalue weighted by atomic mass is 10.3. The first-order chi connectivity index (χ1) is 7.16. The molecule has 2 N–H and O–H groups in total. The molecular weight excluding hydrogens is 232 g/mol. The van der Waals surface area contributed by atoms with Crippen LogP contribution in [-0.4, -0.2) is 26.2 Å². The molecule has 0 fully saturated rings. The number of hydrogen-bond donors (Lipinski definition) is 2. The quantitative estimate of drug-likeness (QED) is 0.762. The summed E-state index contributed by atoms with van der Waals surface area (Å²) >= 11 is 0. The van der Waals surface area contributed by atoms with Crippen LogP contribution in [0.15, 0.2) is 24.3 Å². The third-order valence-corrected chi connectivity index (χ3v) is 4.06. The lowest BCUT2D eigenvalue weighted by molar-refractivity contribution is 0.570. The van der Waals surface area contributed by atoms with E-state index in [1.165, 1.54) is 0 Å². The average Bonchev–Trinajstić information content (AvgIpc) is 2.03. The van der Waals surface area contributed by atoms with Crippen molar-refractivity contribution in [1.29, 1.82) is 0 Å². The molecule has 0 aromatic heterocycles. The van der Waals surface area contributed by atoms with Gasteiger partial charge in [0.25, 0.3) is 0 Å². The molecule has 2 nitrogen and oxygen atoms in total. The van der Waals surface area contributed by atoms with E-state index in [9.17, 15) is 9.59 Å². The van der Waals surface area contributed by atoms with Crippen molar-refractivity contribution in [2.24, 2.45) is 0 Å². The second kappa shape index (κ2) is 4.67. The van der Waals surface area contributed by atoms with Gasteiger partial charge in [0, 0.05) is 0 Å². The highest BCUT2D eigenvalue weighted by atomic mass is 28.4. The molecule has 0 bridgehead atoms. The fourth-order valence-corrected chi connectivity index (χ4v) is 3.52. The van der Waals surface area contributed by atoms with E-state index < -0.39 is 16.6 Å². The Morgan fingerprint density at radius 1 is 0.750 bits per heavy atom. The molecule has 1 rings (SSSR count). The van der Waals surface area contributed by atoms with E-state index in [-0.39, 0.29) is 0 Å². The van der Waals surface area contributed by atoms with Gasteiger partial charge in [-0.15, -0.1) is 0 Å². The summed E-state index contributed by atoms with van der Waals surface area (Å²) in [5, 5.41) is 2.10. The highest BCUT2D eigenvalue weighted by Crippen LogP contribution is 1.97. The molecule has 0 spiro atoms. The smallest absolute Gasteiger partial charge is 0.207 e. The standard InChI is InChI=1S/C12H20O2Si2/c1-15(2,13)9-11-5-7-12(8-6-11)10-16(3,4)14/h5-10,13-14H,1-4H3. The summed E-state index contributed by atoms with van der Waals surface area (Å²) in [4.78, 5) is 19.5. The Morgan fingerprint density at radius 3 is 1.19 bits per heavy atom. The zero-order valence-corrected chi connectivity index (χ0v) is 12.4. The second-order valence-electron chi connectivity index (χ2n) is 5.26. The summed E-state index contributed by atoms with van der Waals surface area (Å²) < 4.78 is 0. The lowest BCUT2D eigenvalue weighted by Gasteiger charge is -2.07. The van der Waals surface area contributed by atoms with Crippen molar-refractivity contribution in [3.63, 3.8) is 0 Å². The van der Waals surface area contributed by atoms with Gasteiger partial charge in [-0.3, -0.25) is 0 Å². The van der Waals surface area contributed by atoms with Crippen LogP contribution in [0.25, 0.3) is 11.4 Å². The Bertz CT molecular complexity index is 399. The maximum absolute atomic E-state index is 9.77. The number of hydrogen-bond acceptors (Lipinski definition) is 2. The van der Waals surface area contributed by atoms with Gasteiger partial charge in [-0.2, -0.15) is 0 Å². The number of benzene rings is 1. The van der Waals surface area contributed by atoms with Crippen LogP contribution in [0.3, 0.4) is 0 Å². The molecule has 88 valence electrons. The van der Waals surface area contributed by atoms with Gasteiger partial charge < -0.3 is 9.59 Å². The van der Waals surface area contributed by atoms with Crippen molar-refractivity contribution in [3.05, 3.63) is 34.7 Å². The predicted octanol–water partition coefficient (Wildman–Crippen LogP) is 0.721. The van der Waals surface area contributed by atoms with Crippen LogP contribution >= 0.6 is 0 Å². The van der Waals surface area contributed by atoms with Gasteiger partial charge in [0.2, 0.25) is 16.6 Å². The van der Waals surface area contributed by atoms with E-state index >= 15 is 0 Å². The molecule has 0 saturated carbocycles. The highest BCUT2D eigenvalue weighted by Gasteiger charge is 2.12. The van der Waals surface area contributed by atoms with E-state index in [0.29, 0.717) is 0 Å². The van der Waals surface area contributed by atoms with Crippen molar-refractivity contribution in [1.82, 2.24) is 0 Å². The maximum Gasteiger partial charge on any atom is 0.207 e. The minimum Gasteiger partial charge on any atom is -0.428 e. The third kappa shape index (κ3) is 5.41. The molecule has 0 aliphatic carbocycles. The SMILES string of the molecule is C[Si](C)(O)C=c1ccc(=C[Si](C)(C)O)cc1. The molecule has 0 amide bonds. The Hall–Kier alpha value is -0.686. The Morgan fingerprint density at radius 2 is 1.00 bits per heavy atom. The van der Waals surface area contributed by atoms with Crippen LogP contribution in [0.2, 0.25) is 26.2 Å². The zero-order chi connectivity index (χ0) is 12.4. The highest BCUT2D eigenvalue weighted by molar-refractivity contribution is 6.83. The Labute approximate surface area is 98.8 Å². The largest absolute Gasteiger partial charge is 0.428 e. The summed E-state index contributed by atoms with van der Waals surface area (Å²) in [5.74, 6) is 0. The summed E-state index contributed by atoms with van der Waals surface area (Å²) in [5.41, 5.74) is 3.89. The van der Waals surface area contributed by atoms with Crippen LogP contribution in [0.4, 0.5) is 0 Å². The molecule has 0 atom stereocenters. The summed E-state index contributed by atoms with van der Waals surface area (Å²) in [7, 11) is -4.28. The number of rotatable bonds is 2. The van der Waals surface area contributed by atoms with Gasteiger partial charge in [-0.25, -0.2) is 0 Å². The second-order valence-corrected chi connectivity index (χ2v) is 12.5. The first kappa shape index (κ1) is 13.4.